The van der Waals surface area contributed by atoms with Crippen molar-refractivity contribution >= 4 is 15.9 Å². The van der Waals surface area contributed by atoms with Gasteiger partial charge >= 0.3 is 0 Å². The Bertz CT molecular complexity index is 508. The number of benzene rings is 1. The summed E-state index contributed by atoms with van der Waals surface area (Å²) in [6.07, 6.45) is 9.79. The number of aliphatic hydroxyl groups is 1. The molecular formula is C18H26BrNO. The molecule has 0 amide bonds. The van der Waals surface area contributed by atoms with E-state index in [1.54, 1.807) is 0 Å². The van der Waals surface area contributed by atoms with E-state index in [1.165, 1.54) is 36.8 Å². The van der Waals surface area contributed by atoms with Gasteiger partial charge in [0.2, 0.25) is 0 Å². The molecule has 3 N–H and O–H groups in total. The molecule has 1 aromatic rings. The molecule has 3 rings (SSSR count). The minimum absolute atomic E-state index is 0.0751. The molecule has 3 heteroatoms. The van der Waals surface area contributed by atoms with Gasteiger partial charge in [0.05, 0.1) is 5.60 Å². The Balaban J connectivity index is 1.91. The normalized spacial score (nSPS) is 28.7. The fraction of sp³-hybridized carbons (Fsp3) is 0.667. The van der Waals surface area contributed by atoms with Crippen LogP contribution in [0.5, 0.6) is 0 Å². The molecule has 1 fully saturated rings. The smallest absolute Gasteiger partial charge is 0.0759 e. The van der Waals surface area contributed by atoms with Crippen LogP contribution in [0, 0.1) is 5.41 Å². The Morgan fingerprint density at radius 3 is 2.43 bits per heavy atom. The van der Waals surface area contributed by atoms with Crippen LogP contribution >= 0.6 is 15.9 Å². The largest absolute Gasteiger partial charge is 0.389 e. The van der Waals surface area contributed by atoms with Crippen molar-refractivity contribution in [3.63, 3.8) is 0 Å². The summed E-state index contributed by atoms with van der Waals surface area (Å²) in [6.45, 7) is 0.620. The predicted molar refractivity (Wildman–Crippen MR) is 90.3 cm³/mol. The Labute approximate surface area is 136 Å². The summed E-state index contributed by atoms with van der Waals surface area (Å²) in [4.78, 5) is 0. The van der Waals surface area contributed by atoms with Gasteiger partial charge in [-0.25, -0.2) is 0 Å². The first-order valence-corrected chi connectivity index (χ1v) is 9.08. The van der Waals surface area contributed by atoms with E-state index < -0.39 is 5.60 Å². The van der Waals surface area contributed by atoms with Crippen molar-refractivity contribution in [1.82, 2.24) is 0 Å². The van der Waals surface area contributed by atoms with E-state index in [2.05, 4.69) is 34.1 Å². The van der Waals surface area contributed by atoms with Gasteiger partial charge in [-0.15, -0.1) is 0 Å². The van der Waals surface area contributed by atoms with E-state index in [0.717, 1.165) is 36.6 Å². The minimum Gasteiger partial charge on any atom is -0.389 e. The molecule has 0 saturated heterocycles. The molecule has 2 nitrogen and oxygen atoms in total. The number of rotatable bonds is 2. The highest BCUT2D eigenvalue weighted by Crippen LogP contribution is 2.49. The first kappa shape index (κ1) is 15.5. The Morgan fingerprint density at radius 1 is 1.05 bits per heavy atom. The summed E-state index contributed by atoms with van der Waals surface area (Å²) in [5, 5.41) is 11.5. The summed E-state index contributed by atoms with van der Waals surface area (Å²) in [5.74, 6) is 0. The topological polar surface area (TPSA) is 46.2 Å². The second-order valence-corrected chi connectivity index (χ2v) is 7.94. The van der Waals surface area contributed by atoms with Gasteiger partial charge < -0.3 is 10.8 Å². The van der Waals surface area contributed by atoms with Gasteiger partial charge in [0.25, 0.3) is 0 Å². The number of hydrogen-bond donors (Lipinski definition) is 2. The van der Waals surface area contributed by atoms with E-state index in [1.807, 2.05) is 0 Å². The van der Waals surface area contributed by atoms with Crippen LogP contribution in [0.3, 0.4) is 0 Å². The lowest BCUT2D eigenvalue weighted by Gasteiger charge is -2.49. The molecule has 1 atom stereocenters. The molecule has 1 saturated carbocycles. The number of fused-ring (bicyclic) bond motifs is 1. The van der Waals surface area contributed by atoms with Gasteiger partial charge in [0, 0.05) is 22.9 Å². The minimum atomic E-state index is -0.618. The predicted octanol–water partition coefficient (Wildman–Crippen LogP) is 3.97. The van der Waals surface area contributed by atoms with Crippen molar-refractivity contribution in [3.05, 3.63) is 33.8 Å². The number of halogens is 1. The molecule has 0 heterocycles. The van der Waals surface area contributed by atoms with Crippen molar-refractivity contribution < 1.29 is 5.11 Å². The molecule has 116 valence electrons. The zero-order chi connectivity index (χ0) is 14.9. The van der Waals surface area contributed by atoms with E-state index >= 15 is 0 Å². The van der Waals surface area contributed by atoms with Crippen LogP contribution in [0.1, 0.15) is 56.1 Å². The second kappa shape index (κ2) is 6.02. The standard InChI is InChI=1S/C18H26BrNO/c19-16-6-5-15-12-18(21,10-7-14(15)11-16)17(13-20)8-3-1-2-4-9-17/h5-6,11,21H,1-4,7-10,12-13,20H2. The Kier molecular flexibility index (Phi) is 4.45. The highest BCUT2D eigenvalue weighted by Gasteiger charge is 2.50. The van der Waals surface area contributed by atoms with Crippen LogP contribution in [-0.2, 0) is 12.8 Å². The molecule has 0 radical (unpaired) electrons. The zero-order valence-corrected chi connectivity index (χ0v) is 14.3. The lowest BCUT2D eigenvalue weighted by atomic mass is 9.60. The highest BCUT2D eigenvalue weighted by atomic mass is 79.9. The third-order valence-corrected chi connectivity index (χ3v) is 6.39. The van der Waals surface area contributed by atoms with Crippen molar-refractivity contribution in [2.45, 2.75) is 63.4 Å². The van der Waals surface area contributed by atoms with Crippen LogP contribution in [0.4, 0.5) is 0 Å². The quantitative estimate of drug-likeness (QED) is 0.792. The maximum Gasteiger partial charge on any atom is 0.0759 e. The molecule has 2 aliphatic carbocycles. The van der Waals surface area contributed by atoms with E-state index in [9.17, 15) is 5.11 Å². The van der Waals surface area contributed by atoms with Crippen LogP contribution in [-0.4, -0.2) is 17.3 Å². The monoisotopic (exact) mass is 351 g/mol. The zero-order valence-electron chi connectivity index (χ0n) is 12.7. The molecule has 0 spiro atoms. The third kappa shape index (κ3) is 2.80. The number of nitrogens with two attached hydrogens (primary N) is 1. The van der Waals surface area contributed by atoms with Crippen LogP contribution in [0.15, 0.2) is 22.7 Å². The van der Waals surface area contributed by atoms with Crippen molar-refractivity contribution in [2.75, 3.05) is 6.54 Å². The van der Waals surface area contributed by atoms with Gasteiger partial charge in [-0.2, -0.15) is 0 Å². The average Bonchev–Trinajstić information content (AvgIpc) is 2.74. The summed E-state index contributed by atoms with van der Waals surface area (Å²) in [7, 11) is 0. The molecule has 21 heavy (non-hydrogen) atoms. The van der Waals surface area contributed by atoms with Crippen molar-refractivity contribution in [1.29, 1.82) is 0 Å². The summed E-state index contributed by atoms with van der Waals surface area (Å²) in [6, 6.07) is 6.47. The molecule has 0 aliphatic heterocycles. The van der Waals surface area contributed by atoms with Gasteiger partial charge in [-0.05, 0) is 48.9 Å². The number of hydrogen-bond acceptors (Lipinski definition) is 2. The fourth-order valence-electron chi connectivity index (χ4n) is 4.46. The molecule has 1 aromatic carbocycles. The highest BCUT2D eigenvalue weighted by molar-refractivity contribution is 9.10. The average molecular weight is 352 g/mol. The van der Waals surface area contributed by atoms with Gasteiger partial charge in [-0.1, -0.05) is 47.7 Å². The van der Waals surface area contributed by atoms with E-state index in [4.69, 9.17) is 5.73 Å². The molecule has 0 aromatic heterocycles. The summed E-state index contributed by atoms with van der Waals surface area (Å²) >= 11 is 3.55. The second-order valence-electron chi connectivity index (χ2n) is 7.02. The van der Waals surface area contributed by atoms with Crippen molar-refractivity contribution in [2.24, 2.45) is 11.1 Å². The fourth-order valence-corrected chi connectivity index (χ4v) is 4.87. The lowest BCUT2D eigenvalue weighted by Crippen LogP contribution is -2.55. The van der Waals surface area contributed by atoms with Gasteiger partial charge in [0.15, 0.2) is 0 Å². The third-order valence-electron chi connectivity index (χ3n) is 5.90. The molecular weight excluding hydrogens is 326 g/mol. The SMILES string of the molecule is NCC1(C2(O)CCc3cc(Br)ccc3C2)CCCCCC1. The van der Waals surface area contributed by atoms with E-state index in [0.29, 0.717) is 6.54 Å². The van der Waals surface area contributed by atoms with E-state index in [-0.39, 0.29) is 5.41 Å². The van der Waals surface area contributed by atoms with Gasteiger partial charge in [-0.3, -0.25) is 0 Å². The summed E-state index contributed by atoms with van der Waals surface area (Å²) in [5.41, 5.74) is 8.20. The van der Waals surface area contributed by atoms with Crippen LogP contribution < -0.4 is 5.73 Å². The first-order valence-electron chi connectivity index (χ1n) is 8.28. The number of aryl methyl sites for hydroxylation is 1. The molecule has 1 unspecified atom stereocenters. The van der Waals surface area contributed by atoms with Gasteiger partial charge in [0.1, 0.15) is 0 Å². The Hall–Kier alpha value is -0.380. The maximum absolute atomic E-state index is 11.5. The van der Waals surface area contributed by atoms with Crippen molar-refractivity contribution in [3.8, 4) is 0 Å². The summed E-state index contributed by atoms with van der Waals surface area (Å²) < 4.78 is 1.13. The Morgan fingerprint density at radius 2 is 1.76 bits per heavy atom. The maximum atomic E-state index is 11.5. The first-order chi connectivity index (χ1) is 10.1. The molecule has 0 bridgehead atoms. The van der Waals surface area contributed by atoms with Crippen LogP contribution in [0.25, 0.3) is 0 Å². The molecule has 2 aliphatic rings. The lowest BCUT2D eigenvalue weighted by molar-refractivity contribution is -0.0986. The van der Waals surface area contributed by atoms with Crippen LogP contribution in [0.2, 0.25) is 0 Å².